The van der Waals surface area contributed by atoms with E-state index in [4.69, 9.17) is 5.26 Å². The van der Waals surface area contributed by atoms with E-state index in [1.54, 1.807) is 6.07 Å². The molecule has 0 atom stereocenters. The van der Waals surface area contributed by atoms with Crippen LogP contribution in [0.5, 0.6) is 0 Å². The number of aliphatic imine (C=N–C) groups is 1. The van der Waals surface area contributed by atoms with Crippen LogP contribution in [0.3, 0.4) is 0 Å². The molecular weight excluding hydrogens is 343 g/mol. The first-order valence-corrected chi connectivity index (χ1v) is 7.77. The van der Waals surface area contributed by atoms with Crippen molar-refractivity contribution in [2.45, 2.75) is 25.3 Å². The number of halogens is 3. The van der Waals surface area contributed by atoms with Gasteiger partial charge in [-0.15, -0.1) is 0 Å². The molecule has 4 rings (SSSR count). The van der Waals surface area contributed by atoms with Gasteiger partial charge >= 0.3 is 5.92 Å². The van der Waals surface area contributed by atoms with E-state index in [9.17, 15) is 13.2 Å². The lowest BCUT2D eigenvalue weighted by Crippen LogP contribution is -2.44. The van der Waals surface area contributed by atoms with Gasteiger partial charge < -0.3 is 0 Å². The summed E-state index contributed by atoms with van der Waals surface area (Å²) in [5.74, 6) is -4.44. The minimum atomic E-state index is -3.46. The molecule has 1 aliphatic rings. The van der Waals surface area contributed by atoms with Crippen molar-refractivity contribution in [2.75, 3.05) is 0 Å². The maximum Gasteiger partial charge on any atom is 0.300 e. The van der Waals surface area contributed by atoms with Crippen LogP contribution >= 0.6 is 0 Å². The van der Waals surface area contributed by atoms with Gasteiger partial charge in [0.1, 0.15) is 17.4 Å². The van der Waals surface area contributed by atoms with E-state index >= 15 is 0 Å². The average Bonchev–Trinajstić information content (AvgIpc) is 3.00. The maximum atomic E-state index is 14.8. The van der Waals surface area contributed by atoms with Gasteiger partial charge in [-0.3, -0.25) is 4.99 Å². The molecule has 1 aromatic carbocycles. The van der Waals surface area contributed by atoms with E-state index in [1.807, 2.05) is 6.07 Å². The Kier molecular flexibility index (Phi) is 3.22. The van der Waals surface area contributed by atoms with Gasteiger partial charge in [-0.2, -0.15) is 19.1 Å². The highest BCUT2D eigenvalue weighted by atomic mass is 19.3. The molecule has 0 radical (unpaired) electrons. The van der Waals surface area contributed by atoms with Gasteiger partial charge in [0.25, 0.3) is 0 Å². The Bertz CT molecular complexity index is 1120. The van der Waals surface area contributed by atoms with Crippen LogP contribution in [0.25, 0.3) is 5.65 Å². The number of benzene rings is 1. The minimum absolute atomic E-state index is 0.0209. The summed E-state index contributed by atoms with van der Waals surface area (Å²) >= 11 is 0. The lowest BCUT2D eigenvalue weighted by atomic mass is 9.81. The van der Waals surface area contributed by atoms with Crippen molar-refractivity contribution in [2.24, 2.45) is 4.99 Å². The molecule has 26 heavy (non-hydrogen) atoms. The second kappa shape index (κ2) is 5.14. The number of hydrogen-bond donors (Lipinski definition) is 0. The number of rotatable bonds is 1. The molecule has 0 unspecified atom stereocenters. The zero-order valence-electron chi connectivity index (χ0n) is 13.8. The number of hydrogen-bond acceptors (Lipinski definition) is 4. The highest BCUT2D eigenvalue weighted by molar-refractivity contribution is 6.15. The number of fused-ring (bicyclic) bond motifs is 2. The predicted octanol–water partition coefficient (Wildman–Crippen LogP) is 3.46. The molecule has 0 bridgehead atoms. The summed E-state index contributed by atoms with van der Waals surface area (Å²) in [6, 6.07) is 7.34. The highest BCUT2D eigenvalue weighted by Crippen LogP contribution is 2.47. The zero-order chi connectivity index (χ0) is 18.7. The quantitative estimate of drug-likeness (QED) is 0.671. The molecule has 0 saturated heterocycles. The van der Waals surface area contributed by atoms with Crippen molar-refractivity contribution in [1.29, 1.82) is 5.26 Å². The lowest BCUT2D eigenvalue weighted by molar-refractivity contribution is -0.0710. The van der Waals surface area contributed by atoms with Crippen LogP contribution in [-0.4, -0.2) is 25.8 Å². The molecule has 130 valence electrons. The van der Waals surface area contributed by atoms with E-state index in [0.29, 0.717) is 11.2 Å². The standard InChI is InChI=1S/C18H12F3N5/c1-17(2)18(20,21)15-12(4-3-5-13(15)19)16(25-17)10-6-14-23-9-11(7-22)26(14)24-8-10/h3-6,8-9H,1-2H3. The number of nitrogens with zero attached hydrogens (tertiary/aromatic N) is 5. The van der Waals surface area contributed by atoms with Crippen LogP contribution in [-0.2, 0) is 5.92 Å². The Balaban J connectivity index is 1.99. The number of alkyl halides is 2. The molecule has 3 heterocycles. The maximum absolute atomic E-state index is 14.8. The van der Waals surface area contributed by atoms with Crippen molar-refractivity contribution in [1.82, 2.24) is 14.6 Å². The fraction of sp³-hybridized carbons (Fsp3) is 0.222. The van der Waals surface area contributed by atoms with Crippen LogP contribution in [0.4, 0.5) is 13.2 Å². The monoisotopic (exact) mass is 355 g/mol. The first-order chi connectivity index (χ1) is 12.3. The van der Waals surface area contributed by atoms with Gasteiger partial charge in [-0.1, -0.05) is 12.1 Å². The Morgan fingerprint density at radius 3 is 2.69 bits per heavy atom. The van der Waals surface area contributed by atoms with Gasteiger partial charge in [0, 0.05) is 11.1 Å². The minimum Gasteiger partial charge on any atom is -0.271 e. The second-order valence-corrected chi connectivity index (χ2v) is 6.53. The first-order valence-electron chi connectivity index (χ1n) is 7.77. The van der Waals surface area contributed by atoms with E-state index in [-0.39, 0.29) is 17.0 Å². The number of nitriles is 1. The summed E-state index contributed by atoms with van der Waals surface area (Å²) in [6.07, 6.45) is 2.77. The fourth-order valence-corrected chi connectivity index (χ4v) is 3.06. The van der Waals surface area contributed by atoms with Gasteiger partial charge in [0.15, 0.2) is 11.3 Å². The molecule has 0 spiro atoms. The second-order valence-electron chi connectivity index (χ2n) is 6.53. The van der Waals surface area contributed by atoms with Crippen molar-refractivity contribution < 1.29 is 13.2 Å². The number of aromatic nitrogens is 3. The van der Waals surface area contributed by atoms with Crippen molar-refractivity contribution in [3.05, 3.63) is 64.9 Å². The van der Waals surface area contributed by atoms with Gasteiger partial charge in [-0.25, -0.2) is 13.9 Å². The van der Waals surface area contributed by atoms with Crippen LogP contribution in [0, 0.1) is 17.1 Å². The largest absolute Gasteiger partial charge is 0.300 e. The van der Waals surface area contributed by atoms with Crippen LogP contribution in [0.1, 0.15) is 36.2 Å². The molecule has 3 aromatic rings. The third-order valence-electron chi connectivity index (χ3n) is 4.49. The Labute approximate surface area is 146 Å². The molecule has 5 nitrogen and oxygen atoms in total. The Morgan fingerprint density at radius 1 is 1.19 bits per heavy atom. The molecule has 0 aliphatic carbocycles. The van der Waals surface area contributed by atoms with Crippen LogP contribution in [0.2, 0.25) is 0 Å². The molecular formula is C18H12F3N5. The Hall–Kier alpha value is -3.21. The number of imidazole rings is 1. The smallest absolute Gasteiger partial charge is 0.271 e. The third-order valence-corrected chi connectivity index (χ3v) is 4.49. The van der Waals surface area contributed by atoms with Crippen LogP contribution in [0.15, 0.2) is 41.7 Å². The fourth-order valence-electron chi connectivity index (χ4n) is 3.06. The first kappa shape index (κ1) is 16.3. The van der Waals surface area contributed by atoms with E-state index in [0.717, 1.165) is 6.07 Å². The van der Waals surface area contributed by atoms with Crippen molar-refractivity contribution in [3.8, 4) is 6.07 Å². The average molecular weight is 355 g/mol. The SMILES string of the molecule is CC1(C)N=C(c2cnn3c(C#N)cnc3c2)c2cccc(F)c2C1(F)F. The molecule has 0 saturated carbocycles. The summed E-state index contributed by atoms with van der Waals surface area (Å²) in [6.45, 7) is 2.52. The molecule has 0 N–H and O–H groups in total. The van der Waals surface area contributed by atoms with E-state index < -0.39 is 22.8 Å². The lowest BCUT2D eigenvalue weighted by Gasteiger charge is -2.37. The summed E-state index contributed by atoms with van der Waals surface area (Å²) in [5.41, 5.74) is -1.24. The summed E-state index contributed by atoms with van der Waals surface area (Å²) in [7, 11) is 0. The Morgan fingerprint density at radius 2 is 1.96 bits per heavy atom. The van der Waals surface area contributed by atoms with Gasteiger partial charge in [-0.05, 0) is 26.0 Å². The summed E-state index contributed by atoms with van der Waals surface area (Å²) in [5, 5.41) is 13.2. The van der Waals surface area contributed by atoms with Gasteiger partial charge in [0.05, 0.1) is 23.7 Å². The van der Waals surface area contributed by atoms with Crippen LogP contribution < -0.4 is 0 Å². The van der Waals surface area contributed by atoms with E-state index in [1.165, 1.54) is 42.9 Å². The topological polar surface area (TPSA) is 66.3 Å². The van der Waals surface area contributed by atoms with E-state index in [2.05, 4.69) is 15.1 Å². The van der Waals surface area contributed by atoms with Gasteiger partial charge in [0.2, 0.25) is 0 Å². The molecule has 0 amide bonds. The van der Waals surface area contributed by atoms with Crippen molar-refractivity contribution in [3.63, 3.8) is 0 Å². The molecule has 1 aliphatic heterocycles. The van der Waals surface area contributed by atoms with Crippen molar-refractivity contribution >= 4 is 11.4 Å². The summed E-state index contributed by atoms with van der Waals surface area (Å²) in [4.78, 5) is 8.30. The normalized spacial score (nSPS) is 17.5. The summed E-state index contributed by atoms with van der Waals surface area (Å²) < 4.78 is 45.3. The molecule has 2 aromatic heterocycles. The predicted molar refractivity (Wildman–Crippen MR) is 87.7 cm³/mol. The molecule has 0 fully saturated rings. The highest BCUT2D eigenvalue weighted by Gasteiger charge is 2.54. The molecule has 8 heteroatoms. The third kappa shape index (κ3) is 2.07. The zero-order valence-corrected chi connectivity index (χ0v) is 13.8.